The van der Waals surface area contributed by atoms with Gasteiger partial charge in [0, 0.05) is 26.2 Å². The fraction of sp³-hybridized carbons (Fsp3) is 0.600. The smallest absolute Gasteiger partial charge is 0.0900 e. The molecular formula is C15H23NO2. The van der Waals surface area contributed by atoms with Crippen LogP contribution in [0.25, 0.3) is 0 Å². The summed E-state index contributed by atoms with van der Waals surface area (Å²) in [5.41, 5.74) is 2.89. The number of aliphatic hydroxyl groups is 1. The van der Waals surface area contributed by atoms with Gasteiger partial charge in [0.05, 0.1) is 12.7 Å². The summed E-state index contributed by atoms with van der Waals surface area (Å²) in [7, 11) is 1.63. The number of β-amino-alcohol motifs (C(OH)–C–C–N with tert-alkyl or cyclic N) is 1. The van der Waals surface area contributed by atoms with Gasteiger partial charge in [-0.1, -0.05) is 31.2 Å². The summed E-state index contributed by atoms with van der Waals surface area (Å²) in [4.78, 5) is 2.38. The van der Waals surface area contributed by atoms with Crippen molar-refractivity contribution in [2.45, 2.75) is 31.9 Å². The molecule has 0 bridgehead atoms. The number of fused-ring (bicyclic) bond motifs is 1. The quantitative estimate of drug-likeness (QED) is 0.866. The second kappa shape index (κ2) is 6.32. The maximum atomic E-state index is 9.90. The third kappa shape index (κ3) is 2.91. The summed E-state index contributed by atoms with van der Waals surface area (Å²) in [6, 6.07) is 9.10. The molecule has 0 amide bonds. The minimum atomic E-state index is -0.394. The van der Waals surface area contributed by atoms with Gasteiger partial charge >= 0.3 is 0 Å². The summed E-state index contributed by atoms with van der Waals surface area (Å²) in [6.45, 7) is 4.34. The Bertz CT molecular complexity index is 381. The summed E-state index contributed by atoms with van der Waals surface area (Å²) in [5.74, 6) is 0. The minimum absolute atomic E-state index is 0.394. The summed E-state index contributed by atoms with van der Waals surface area (Å²) < 4.78 is 5.01. The Morgan fingerprint density at radius 3 is 2.94 bits per heavy atom. The molecule has 100 valence electrons. The Labute approximate surface area is 109 Å². The van der Waals surface area contributed by atoms with E-state index >= 15 is 0 Å². The number of rotatable bonds is 5. The van der Waals surface area contributed by atoms with Gasteiger partial charge in [-0.25, -0.2) is 0 Å². The minimum Gasteiger partial charge on any atom is -0.389 e. The molecule has 0 unspecified atom stereocenters. The molecule has 1 aliphatic rings. The molecule has 0 saturated carbocycles. The average molecular weight is 249 g/mol. The zero-order valence-corrected chi connectivity index (χ0v) is 11.3. The van der Waals surface area contributed by atoms with Gasteiger partial charge in [-0.2, -0.15) is 0 Å². The van der Waals surface area contributed by atoms with Crippen LogP contribution in [0.3, 0.4) is 0 Å². The van der Waals surface area contributed by atoms with Crippen LogP contribution < -0.4 is 0 Å². The van der Waals surface area contributed by atoms with Crippen molar-refractivity contribution in [1.82, 2.24) is 4.90 Å². The SMILES string of the molecule is CC[C@H]1c2ccccc2CCN1C[C@H](O)COC. The van der Waals surface area contributed by atoms with Crippen LogP contribution >= 0.6 is 0 Å². The monoisotopic (exact) mass is 249 g/mol. The molecule has 3 nitrogen and oxygen atoms in total. The summed E-state index contributed by atoms with van der Waals surface area (Å²) in [5, 5.41) is 9.90. The maximum Gasteiger partial charge on any atom is 0.0900 e. The van der Waals surface area contributed by atoms with E-state index in [9.17, 15) is 5.11 Å². The second-order valence-corrected chi connectivity index (χ2v) is 4.98. The molecule has 2 rings (SSSR count). The number of ether oxygens (including phenoxy) is 1. The average Bonchev–Trinajstić information content (AvgIpc) is 2.38. The zero-order valence-electron chi connectivity index (χ0n) is 11.3. The third-order valence-electron chi connectivity index (χ3n) is 3.71. The number of hydrogen-bond donors (Lipinski definition) is 1. The molecule has 0 fully saturated rings. The Kier molecular flexibility index (Phi) is 4.75. The van der Waals surface area contributed by atoms with Gasteiger partial charge in [-0.15, -0.1) is 0 Å². The lowest BCUT2D eigenvalue weighted by Crippen LogP contribution is -2.41. The van der Waals surface area contributed by atoms with Crippen LogP contribution in [0.1, 0.15) is 30.5 Å². The van der Waals surface area contributed by atoms with Crippen molar-refractivity contribution in [2.24, 2.45) is 0 Å². The summed E-state index contributed by atoms with van der Waals surface area (Å²) in [6.07, 6.45) is 1.76. The van der Waals surface area contributed by atoms with Gasteiger partial charge in [0.25, 0.3) is 0 Å². The van der Waals surface area contributed by atoms with Gasteiger partial charge in [0.1, 0.15) is 0 Å². The molecule has 1 aromatic carbocycles. The standard InChI is InChI=1S/C15H23NO2/c1-3-15-14-7-5-4-6-12(14)8-9-16(15)10-13(17)11-18-2/h4-7,13,15,17H,3,8-11H2,1-2H3/t13-,15-/m0/s1. The normalized spacial score (nSPS) is 21.6. The van der Waals surface area contributed by atoms with Crippen molar-refractivity contribution in [3.63, 3.8) is 0 Å². The number of aliphatic hydroxyl groups excluding tert-OH is 1. The lowest BCUT2D eigenvalue weighted by Gasteiger charge is -2.37. The molecule has 1 N–H and O–H groups in total. The Hall–Kier alpha value is -0.900. The Balaban J connectivity index is 2.10. The van der Waals surface area contributed by atoms with E-state index in [-0.39, 0.29) is 0 Å². The van der Waals surface area contributed by atoms with E-state index < -0.39 is 6.10 Å². The van der Waals surface area contributed by atoms with Crippen LogP contribution in [0.4, 0.5) is 0 Å². The van der Waals surface area contributed by atoms with Crippen LogP contribution in [0.2, 0.25) is 0 Å². The van der Waals surface area contributed by atoms with Crippen molar-refractivity contribution in [2.75, 3.05) is 26.8 Å². The molecule has 2 atom stereocenters. The van der Waals surface area contributed by atoms with Crippen LogP contribution in [0.15, 0.2) is 24.3 Å². The molecule has 3 heteroatoms. The van der Waals surface area contributed by atoms with Crippen molar-refractivity contribution in [1.29, 1.82) is 0 Å². The molecule has 0 aromatic heterocycles. The predicted molar refractivity (Wildman–Crippen MR) is 72.6 cm³/mol. The van der Waals surface area contributed by atoms with Gasteiger partial charge in [0.2, 0.25) is 0 Å². The number of hydrogen-bond acceptors (Lipinski definition) is 3. The topological polar surface area (TPSA) is 32.7 Å². The number of nitrogens with zero attached hydrogens (tertiary/aromatic N) is 1. The van der Waals surface area contributed by atoms with E-state index in [2.05, 4.69) is 36.1 Å². The lowest BCUT2D eigenvalue weighted by atomic mass is 9.91. The predicted octanol–water partition coefficient (Wildman–Crippen LogP) is 2.00. The Morgan fingerprint density at radius 2 is 2.22 bits per heavy atom. The van der Waals surface area contributed by atoms with Gasteiger partial charge in [-0.3, -0.25) is 4.90 Å². The third-order valence-corrected chi connectivity index (χ3v) is 3.71. The number of methoxy groups -OCH3 is 1. The van der Waals surface area contributed by atoms with Crippen LogP contribution in [-0.2, 0) is 11.2 Å². The molecule has 0 aliphatic carbocycles. The van der Waals surface area contributed by atoms with Crippen molar-refractivity contribution in [3.05, 3.63) is 35.4 Å². The zero-order chi connectivity index (χ0) is 13.0. The van der Waals surface area contributed by atoms with E-state index in [0.29, 0.717) is 19.2 Å². The highest BCUT2D eigenvalue weighted by molar-refractivity contribution is 5.32. The fourth-order valence-corrected chi connectivity index (χ4v) is 2.92. The highest BCUT2D eigenvalue weighted by Gasteiger charge is 2.26. The second-order valence-electron chi connectivity index (χ2n) is 4.98. The van der Waals surface area contributed by atoms with Crippen molar-refractivity contribution in [3.8, 4) is 0 Å². The number of benzene rings is 1. The molecule has 1 aromatic rings. The van der Waals surface area contributed by atoms with Crippen LogP contribution in [-0.4, -0.2) is 42.9 Å². The van der Waals surface area contributed by atoms with Crippen molar-refractivity contribution < 1.29 is 9.84 Å². The highest BCUT2D eigenvalue weighted by Crippen LogP contribution is 2.31. The molecule has 0 radical (unpaired) electrons. The molecule has 1 aliphatic heterocycles. The first-order chi connectivity index (χ1) is 8.76. The summed E-state index contributed by atoms with van der Waals surface area (Å²) >= 11 is 0. The molecular weight excluding hydrogens is 226 g/mol. The van der Waals surface area contributed by atoms with E-state index in [0.717, 1.165) is 19.4 Å². The fourth-order valence-electron chi connectivity index (χ4n) is 2.92. The van der Waals surface area contributed by atoms with E-state index in [1.807, 2.05) is 0 Å². The largest absolute Gasteiger partial charge is 0.389 e. The maximum absolute atomic E-state index is 9.90. The van der Waals surface area contributed by atoms with E-state index in [4.69, 9.17) is 4.74 Å². The highest BCUT2D eigenvalue weighted by atomic mass is 16.5. The lowest BCUT2D eigenvalue weighted by molar-refractivity contribution is 0.0234. The van der Waals surface area contributed by atoms with Gasteiger partial charge in [0.15, 0.2) is 0 Å². The van der Waals surface area contributed by atoms with Gasteiger partial charge < -0.3 is 9.84 Å². The Morgan fingerprint density at radius 1 is 1.44 bits per heavy atom. The van der Waals surface area contributed by atoms with Crippen LogP contribution in [0.5, 0.6) is 0 Å². The van der Waals surface area contributed by atoms with Crippen LogP contribution in [0, 0.1) is 0 Å². The first-order valence-corrected chi connectivity index (χ1v) is 6.75. The first kappa shape index (κ1) is 13.5. The van der Waals surface area contributed by atoms with E-state index in [1.54, 1.807) is 7.11 Å². The first-order valence-electron chi connectivity index (χ1n) is 6.75. The molecule has 0 spiro atoms. The van der Waals surface area contributed by atoms with E-state index in [1.165, 1.54) is 11.1 Å². The van der Waals surface area contributed by atoms with Crippen molar-refractivity contribution >= 4 is 0 Å². The molecule has 0 saturated heterocycles. The van der Waals surface area contributed by atoms with Gasteiger partial charge in [-0.05, 0) is 24.0 Å². The molecule has 1 heterocycles. The molecule has 18 heavy (non-hydrogen) atoms.